The Morgan fingerprint density at radius 2 is 2.50 bits per heavy atom. The molecule has 7 heteroatoms. The third kappa shape index (κ3) is 3.43. The highest BCUT2D eigenvalue weighted by Crippen LogP contribution is 2.22. The van der Waals surface area contributed by atoms with Crippen LogP contribution >= 0.6 is 11.3 Å². The van der Waals surface area contributed by atoms with Crippen molar-refractivity contribution in [2.75, 3.05) is 33.3 Å². The van der Waals surface area contributed by atoms with Crippen molar-refractivity contribution in [3.05, 3.63) is 23.3 Å². The van der Waals surface area contributed by atoms with E-state index in [0.29, 0.717) is 18.3 Å². The average Bonchev–Trinajstić information content (AvgIpc) is 3.10. The van der Waals surface area contributed by atoms with Gasteiger partial charge in [0.05, 0.1) is 24.1 Å². The summed E-state index contributed by atoms with van der Waals surface area (Å²) < 4.78 is 11.0. The van der Waals surface area contributed by atoms with Gasteiger partial charge in [0, 0.05) is 19.6 Å². The third-order valence-corrected chi connectivity index (χ3v) is 3.99. The van der Waals surface area contributed by atoms with E-state index in [1.54, 1.807) is 11.3 Å². The van der Waals surface area contributed by atoms with Gasteiger partial charge in [-0.05, 0) is 18.5 Å². The number of morpholine rings is 1. The second kappa shape index (κ2) is 6.45. The number of ether oxygens (including phenoxy) is 1. The van der Waals surface area contributed by atoms with Crippen LogP contribution in [0.2, 0.25) is 0 Å². The second-order valence-corrected chi connectivity index (χ2v) is 5.83. The first-order chi connectivity index (χ1) is 9.81. The van der Waals surface area contributed by atoms with Crippen molar-refractivity contribution in [1.29, 1.82) is 0 Å². The van der Waals surface area contributed by atoms with Crippen molar-refractivity contribution in [3.8, 4) is 10.8 Å². The highest BCUT2D eigenvalue weighted by molar-refractivity contribution is 7.13. The highest BCUT2D eigenvalue weighted by Gasteiger charge is 2.17. The summed E-state index contributed by atoms with van der Waals surface area (Å²) in [5.41, 5.74) is 0. The van der Waals surface area contributed by atoms with Gasteiger partial charge in [0.25, 0.3) is 5.89 Å². The Balaban J connectivity index is 1.54. The number of thiophene rings is 1. The molecule has 1 unspecified atom stereocenters. The molecule has 1 fully saturated rings. The Morgan fingerprint density at radius 1 is 1.55 bits per heavy atom. The van der Waals surface area contributed by atoms with E-state index in [0.717, 1.165) is 31.1 Å². The maximum Gasteiger partial charge on any atom is 0.268 e. The molecule has 1 N–H and O–H groups in total. The topological polar surface area (TPSA) is 63.4 Å². The van der Waals surface area contributed by atoms with Gasteiger partial charge in [-0.1, -0.05) is 11.2 Å². The first-order valence-electron chi connectivity index (χ1n) is 6.68. The van der Waals surface area contributed by atoms with Crippen LogP contribution in [0.15, 0.2) is 22.0 Å². The van der Waals surface area contributed by atoms with Crippen LogP contribution in [-0.4, -0.2) is 54.4 Å². The third-order valence-electron chi connectivity index (χ3n) is 3.13. The molecular formula is C13H18N4O2S. The number of hydrogen-bond acceptors (Lipinski definition) is 7. The van der Waals surface area contributed by atoms with Gasteiger partial charge in [-0.3, -0.25) is 4.90 Å². The Hall–Kier alpha value is -1.28. The predicted octanol–water partition coefficient (Wildman–Crippen LogP) is 1.22. The molecule has 2 aromatic rings. The van der Waals surface area contributed by atoms with E-state index in [1.807, 2.05) is 24.6 Å². The largest absolute Gasteiger partial charge is 0.374 e. The van der Waals surface area contributed by atoms with Crippen molar-refractivity contribution >= 4 is 11.3 Å². The molecule has 2 aromatic heterocycles. The lowest BCUT2D eigenvalue weighted by Crippen LogP contribution is -2.44. The van der Waals surface area contributed by atoms with E-state index in [-0.39, 0.29) is 6.10 Å². The van der Waals surface area contributed by atoms with Crippen LogP contribution in [0.5, 0.6) is 0 Å². The first kappa shape index (κ1) is 13.7. The average molecular weight is 294 g/mol. The van der Waals surface area contributed by atoms with E-state index in [2.05, 4.69) is 20.4 Å². The number of rotatable bonds is 5. The molecule has 0 aromatic carbocycles. The molecule has 0 amide bonds. The minimum absolute atomic E-state index is 0.234. The molecule has 3 rings (SSSR count). The standard InChI is InChI=1S/C13H18N4O2S/c1-17(8-10-7-14-4-5-18-10)9-12-15-13(19-16-12)11-3-2-6-20-11/h2-3,6,10,14H,4-5,7-9H2,1H3. The van der Waals surface area contributed by atoms with Crippen LogP contribution in [0.3, 0.4) is 0 Å². The first-order valence-corrected chi connectivity index (χ1v) is 7.56. The van der Waals surface area contributed by atoms with Gasteiger partial charge < -0.3 is 14.6 Å². The molecule has 1 aliphatic rings. The summed E-state index contributed by atoms with van der Waals surface area (Å²) in [4.78, 5) is 7.58. The smallest absolute Gasteiger partial charge is 0.268 e. The number of nitrogens with zero attached hydrogens (tertiary/aromatic N) is 3. The normalized spacial score (nSPS) is 19.6. The lowest BCUT2D eigenvalue weighted by Gasteiger charge is -2.27. The minimum atomic E-state index is 0.234. The zero-order valence-electron chi connectivity index (χ0n) is 11.4. The fourth-order valence-electron chi connectivity index (χ4n) is 2.21. The van der Waals surface area contributed by atoms with Crippen molar-refractivity contribution in [2.24, 2.45) is 0 Å². The van der Waals surface area contributed by atoms with Crippen LogP contribution < -0.4 is 5.32 Å². The summed E-state index contributed by atoms with van der Waals surface area (Å²) in [6, 6.07) is 3.95. The van der Waals surface area contributed by atoms with Crippen molar-refractivity contribution < 1.29 is 9.26 Å². The number of likely N-dealkylation sites (N-methyl/N-ethyl adjacent to an activating group) is 1. The summed E-state index contributed by atoms with van der Waals surface area (Å²) in [6.45, 7) is 4.14. The van der Waals surface area contributed by atoms with Crippen LogP contribution in [-0.2, 0) is 11.3 Å². The lowest BCUT2D eigenvalue weighted by atomic mass is 10.3. The van der Waals surface area contributed by atoms with Crippen molar-refractivity contribution in [2.45, 2.75) is 12.6 Å². The molecule has 108 valence electrons. The molecule has 1 aliphatic heterocycles. The molecule has 1 saturated heterocycles. The van der Waals surface area contributed by atoms with Gasteiger partial charge in [0.2, 0.25) is 0 Å². The Morgan fingerprint density at radius 3 is 3.25 bits per heavy atom. The molecule has 0 bridgehead atoms. The molecule has 20 heavy (non-hydrogen) atoms. The van der Waals surface area contributed by atoms with E-state index in [4.69, 9.17) is 9.26 Å². The zero-order chi connectivity index (χ0) is 13.8. The van der Waals surface area contributed by atoms with E-state index >= 15 is 0 Å². The van der Waals surface area contributed by atoms with E-state index in [1.165, 1.54) is 0 Å². The predicted molar refractivity (Wildman–Crippen MR) is 76.6 cm³/mol. The molecule has 0 aliphatic carbocycles. The molecule has 3 heterocycles. The number of aromatic nitrogens is 2. The maximum atomic E-state index is 5.68. The summed E-state index contributed by atoms with van der Waals surface area (Å²) in [6.07, 6.45) is 0.234. The fraction of sp³-hybridized carbons (Fsp3) is 0.538. The number of hydrogen-bond donors (Lipinski definition) is 1. The molecule has 6 nitrogen and oxygen atoms in total. The van der Waals surface area contributed by atoms with Crippen molar-refractivity contribution in [1.82, 2.24) is 20.4 Å². The highest BCUT2D eigenvalue weighted by atomic mass is 32.1. The molecule has 1 atom stereocenters. The summed E-state index contributed by atoms with van der Waals surface area (Å²) in [7, 11) is 2.04. The van der Waals surface area contributed by atoms with Crippen LogP contribution in [0.1, 0.15) is 5.82 Å². The van der Waals surface area contributed by atoms with Gasteiger partial charge in [-0.2, -0.15) is 4.98 Å². The summed E-state index contributed by atoms with van der Waals surface area (Å²) in [5, 5.41) is 9.35. The Bertz CT molecular complexity index is 522. The van der Waals surface area contributed by atoms with Gasteiger partial charge >= 0.3 is 0 Å². The maximum absolute atomic E-state index is 5.68. The SMILES string of the molecule is CN(Cc1noc(-c2cccs2)n1)CC1CNCCO1. The van der Waals surface area contributed by atoms with Crippen LogP contribution in [0, 0.1) is 0 Å². The summed E-state index contributed by atoms with van der Waals surface area (Å²) in [5.74, 6) is 1.30. The monoisotopic (exact) mass is 294 g/mol. The van der Waals surface area contributed by atoms with Gasteiger partial charge in [-0.15, -0.1) is 11.3 Å². The van der Waals surface area contributed by atoms with Crippen molar-refractivity contribution in [3.63, 3.8) is 0 Å². The quantitative estimate of drug-likeness (QED) is 0.894. The van der Waals surface area contributed by atoms with Gasteiger partial charge in [0.1, 0.15) is 0 Å². The van der Waals surface area contributed by atoms with Crippen LogP contribution in [0.4, 0.5) is 0 Å². The number of nitrogens with one attached hydrogen (secondary N) is 1. The second-order valence-electron chi connectivity index (χ2n) is 4.89. The molecule has 0 saturated carbocycles. The van der Waals surface area contributed by atoms with E-state index < -0.39 is 0 Å². The molecule has 0 spiro atoms. The lowest BCUT2D eigenvalue weighted by molar-refractivity contribution is 0.00840. The molecule has 0 radical (unpaired) electrons. The van der Waals surface area contributed by atoms with Crippen LogP contribution in [0.25, 0.3) is 10.8 Å². The summed E-state index contributed by atoms with van der Waals surface area (Å²) >= 11 is 1.60. The minimum Gasteiger partial charge on any atom is -0.374 e. The molecular weight excluding hydrogens is 276 g/mol. The van der Waals surface area contributed by atoms with Gasteiger partial charge in [0.15, 0.2) is 5.82 Å². The Labute approximate surface area is 121 Å². The Kier molecular flexibility index (Phi) is 4.41. The van der Waals surface area contributed by atoms with E-state index in [9.17, 15) is 0 Å². The van der Waals surface area contributed by atoms with Gasteiger partial charge in [-0.25, -0.2) is 0 Å². The zero-order valence-corrected chi connectivity index (χ0v) is 12.2. The fourth-order valence-corrected chi connectivity index (χ4v) is 2.85.